The molecular weight excluding hydrogens is 294 g/mol. The molecule has 0 aromatic heterocycles. The van der Waals surface area contributed by atoms with Crippen LogP contribution < -0.4 is 19.5 Å². The van der Waals surface area contributed by atoms with Gasteiger partial charge in [-0.15, -0.1) is 0 Å². The highest BCUT2D eigenvalue weighted by atomic mass is 16.7. The van der Waals surface area contributed by atoms with E-state index in [1.165, 1.54) is 0 Å². The van der Waals surface area contributed by atoms with Crippen LogP contribution in [0.5, 0.6) is 17.2 Å². The molecule has 0 spiro atoms. The van der Waals surface area contributed by atoms with Crippen LogP contribution in [0, 0.1) is 6.92 Å². The van der Waals surface area contributed by atoms with Crippen LogP contribution in [0.25, 0.3) is 0 Å². The molecule has 5 rings (SSSR count). The van der Waals surface area contributed by atoms with E-state index in [1.807, 2.05) is 31.2 Å². The van der Waals surface area contributed by atoms with E-state index in [0.29, 0.717) is 12.4 Å². The van der Waals surface area contributed by atoms with Crippen molar-refractivity contribution in [1.82, 2.24) is 5.32 Å². The molecule has 0 saturated heterocycles. The number of hydrogen-bond acceptors (Lipinski definition) is 4. The third-order valence-corrected chi connectivity index (χ3v) is 4.76. The van der Waals surface area contributed by atoms with E-state index in [1.54, 1.807) is 0 Å². The number of carbonyl (C=O) groups excluding carboxylic acids is 1. The van der Waals surface area contributed by atoms with Gasteiger partial charge in [0.25, 0.3) is 5.91 Å². The lowest BCUT2D eigenvalue weighted by Gasteiger charge is -2.38. The first-order valence-electron chi connectivity index (χ1n) is 7.68. The van der Waals surface area contributed by atoms with Crippen molar-refractivity contribution < 1.29 is 19.0 Å². The molecule has 0 radical (unpaired) electrons. The summed E-state index contributed by atoms with van der Waals surface area (Å²) < 4.78 is 16.8. The van der Waals surface area contributed by atoms with Crippen molar-refractivity contribution in [2.75, 3.05) is 13.4 Å². The van der Waals surface area contributed by atoms with Crippen LogP contribution in [0.15, 0.2) is 30.3 Å². The third-order valence-electron chi connectivity index (χ3n) is 4.76. The molecule has 2 aromatic carbocycles. The summed E-state index contributed by atoms with van der Waals surface area (Å²) in [5.74, 6) is 2.29. The van der Waals surface area contributed by atoms with Crippen LogP contribution in [0.3, 0.4) is 0 Å². The highest BCUT2D eigenvalue weighted by Gasteiger charge is 2.40. The molecule has 1 N–H and O–H groups in total. The summed E-state index contributed by atoms with van der Waals surface area (Å²) >= 11 is 0. The Hall–Kier alpha value is -2.69. The summed E-state index contributed by atoms with van der Waals surface area (Å²) in [6.45, 7) is 2.73. The number of fused-ring (bicyclic) bond motifs is 6. The largest absolute Gasteiger partial charge is 0.491 e. The quantitative estimate of drug-likeness (QED) is 0.811. The number of hydrogen-bond donors (Lipinski definition) is 1. The Morgan fingerprint density at radius 2 is 1.83 bits per heavy atom. The molecule has 23 heavy (non-hydrogen) atoms. The van der Waals surface area contributed by atoms with E-state index in [4.69, 9.17) is 14.2 Å². The molecule has 0 fully saturated rings. The van der Waals surface area contributed by atoms with Crippen molar-refractivity contribution in [3.8, 4) is 17.2 Å². The van der Waals surface area contributed by atoms with E-state index in [2.05, 4.69) is 11.4 Å². The molecule has 5 nitrogen and oxygen atoms in total. The summed E-state index contributed by atoms with van der Waals surface area (Å²) in [6.07, 6.45) is 0. The smallest absolute Gasteiger partial charge is 0.251 e. The fraction of sp³-hybridized carbons (Fsp3) is 0.278. The Bertz CT molecular complexity index is 845. The first-order chi connectivity index (χ1) is 11.2. The molecule has 0 saturated carbocycles. The van der Waals surface area contributed by atoms with Gasteiger partial charge in [0, 0.05) is 23.1 Å². The molecule has 5 heteroatoms. The minimum atomic E-state index is -0.0651. The van der Waals surface area contributed by atoms with Crippen molar-refractivity contribution in [2.45, 2.75) is 18.9 Å². The van der Waals surface area contributed by atoms with Gasteiger partial charge in [-0.3, -0.25) is 4.79 Å². The number of nitrogens with one attached hydrogen (secondary N) is 1. The van der Waals surface area contributed by atoms with Crippen molar-refractivity contribution in [1.29, 1.82) is 0 Å². The fourth-order valence-electron chi connectivity index (χ4n) is 3.70. The molecular formula is C18H15NO4. The maximum Gasteiger partial charge on any atom is 0.251 e. The van der Waals surface area contributed by atoms with Crippen molar-refractivity contribution in [3.63, 3.8) is 0 Å². The van der Waals surface area contributed by atoms with Crippen LogP contribution in [-0.2, 0) is 0 Å². The van der Waals surface area contributed by atoms with Crippen molar-refractivity contribution in [2.24, 2.45) is 0 Å². The lowest BCUT2D eigenvalue weighted by molar-refractivity contribution is 0.0887. The molecule has 3 aliphatic heterocycles. The molecule has 3 aliphatic rings. The van der Waals surface area contributed by atoms with Gasteiger partial charge in [-0.1, -0.05) is 17.7 Å². The molecule has 2 unspecified atom stereocenters. The highest BCUT2D eigenvalue weighted by molar-refractivity contribution is 5.98. The second-order valence-electron chi connectivity index (χ2n) is 6.20. The second kappa shape index (κ2) is 4.41. The topological polar surface area (TPSA) is 56.8 Å². The van der Waals surface area contributed by atoms with E-state index in [-0.39, 0.29) is 24.7 Å². The van der Waals surface area contributed by atoms with E-state index < -0.39 is 0 Å². The van der Waals surface area contributed by atoms with Gasteiger partial charge in [-0.05, 0) is 24.6 Å². The fourth-order valence-corrected chi connectivity index (χ4v) is 3.70. The SMILES string of the molecule is Cc1ccc2c(c1)C1c3cc4c(cc3OCC1NC2=O)OCO4. The van der Waals surface area contributed by atoms with Gasteiger partial charge in [0.2, 0.25) is 6.79 Å². The van der Waals surface area contributed by atoms with Crippen molar-refractivity contribution in [3.05, 3.63) is 52.6 Å². The molecule has 3 heterocycles. The number of carbonyl (C=O) groups is 1. The maximum absolute atomic E-state index is 12.3. The highest BCUT2D eigenvalue weighted by Crippen LogP contribution is 2.47. The molecule has 0 bridgehead atoms. The zero-order valence-electron chi connectivity index (χ0n) is 12.6. The first kappa shape index (κ1) is 12.8. The maximum atomic E-state index is 12.3. The lowest BCUT2D eigenvalue weighted by atomic mass is 9.78. The summed E-state index contributed by atoms with van der Waals surface area (Å²) in [5, 5.41) is 3.07. The van der Waals surface area contributed by atoms with Gasteiger partial charge in [0.15, 0.2) is 11.5 Å². The van der Waals surface area contributed by atoms with E-state index >= 15 is 0 Å². The second-order valence-corrected chi connectivity index (χ2v) is 6.20. The summed E-state index contributed by atoms with van der Waals surface area (Å²) in [6, 6.07) is 9.78. The third kappa shape index (κ3) is 1.76. The number of aryl methyl sites for hydroxylation is 1. The molecule has 2 atom stereocenters. The van der Waals surface area contributed by atoms with Crippen LogP contribution in [0.4, 0.5) is 0 Å². The summed E-state index contributed by atoms with van der Waals surface area (Å²) in [7, 11) is 0. The predicted octanol–water partition coefficient (Wildman–Crippen LogP) is 2.36. The predicted molar refractivity (Wildman–Crippen MR) is 82.3 cm³/mol. The van der Waals surface area contributed by atoms with Crippen LogP contribution >= 0.6 is 0 Å². The van der Waals surface area contributed by atoms with E-state index in [9.17, 15) is 4.79 Å². The lowest BCUT2D eigenvalue weighted by Crippen LogP contribution is -2.49. The Morgan fingerprint density at radius 3 is 2.70 bits per heavy atom. The summed E-state index contributed by atoms with van der Waals surface area (Å²) in [4.78, 5) is 12.3. The van der Waals surface area contributed by atoms with Gasteiger partial charge in [0.1, 0.15) is 12.4 Å². The normalized spacial score (nSPS) is 23.3. The molecule has 116 valence electrons. The molecule has 2 aromatic rings. The average Bonchev–Trinajstić information content (AvgIpc) is 2.99. The molecule has 1 amide bonds. The zero-order chi connectivity index (χ0) is 15.6. The Labute approximate surface area is 133 Å². The molecule has 0 aliphatic carbocycles. The Balaban J connectivity index is 1.73. The van der Waals surface area contributed by atoms with Gasteiger partial charge in [-0.25, -0.2) is 0 Å². The number of ether oxygens (including phenoxy) is 3. The van der Waals surface area contributed by atoms with Gasteiger partial charge in [-0.2, -0.15) is 0 Å². The van der Waals surface area contributed by atoms with Gasteiger partial charge >= 0.3 is 0 Å². The summed E-state index contributed by atoms with van der Waals surface area (Å²) in [5.41, 5.74) is 3.98. The minimum absolute atomic E-state index is 0.0333. The van der Waals surface area contributed by atoms with Crippen LogP contribution in [0.2, 0.25) is 0 Å². The number of benzene rings is 2. The Kier molecular flexibility index (Phi) is 2.46. The van der Waals surface area contributed by atoms with E-state index in [0.717, 1.165) is 33.8 Å². The zero-order valence-corrected chi connectivity index (χ0v) is 12.6. The average molecular weight is 309 g/mol. The number of amides is 1. The monoisotopic (exact) mass is 309 g/mol. The minimum Gasteiger partial charge on any atom is -0.491 e. The Morgan fingerprint density at radius 1 is 1.00 bits per heavy atom. The first-order valence-corrected chi connectivity index (χ1v) is 7.68. The standard InChI is InChI=1S/C18H15NO4/c1-9-2-3-10-11(4-9)17-12-5-15-16(23-8-22-15)6-14(12)21-7-13(17)19-18(10)20/h2-6,13,17H,7-8H2,1H3,(H,19,20). The van der Waals surface area contributed by atoms with Crippen LogP contribution in [-0.4, -0.2) is 25.3 Å². The van der Waals surface area contributed by atoms with Crippen molar-refractivity contribution >= 4 is 5.91 Å². The number of rotatable bonds is 0. The van der Waals surface area contributed by atoms with Gasteiger partial charge in [0.05, 0.1) is 6.04 Å². The van der Waals surface area contributed by atoms with Crippen LogP contribution in [0.1, 0.15) is 33.0 Å². The van der Waals surface area contributed by atoms with Gasteiger partial charge < -0.3 is 19.5 Å².